The van der Waals surface area contributed by atoms with E-state index >= 15 is 0 Å². The van der Waals surface area contributed by atoms with Crippen LogP contribution in [0.2, 0.25) is 0 Å². The molecule has 0 fully saturated rings. The van der Waals surface area contributed by atoms with Crippen molar-refractivity contribution in [3.63, 3.8) is 0 Å². The summed E-state index contributed by atoms with van der Waals surface area (Å²) in [6, 6.07) is 13.5. The van der Waals surface area contributed by atoms with Gasteiger partial charge in [0.25, 0.3) is 0 Å². The van der Waals surface area contributed by atoms with E-state index in [2.05, 4.69) is 21.8 Å². The number of nitrogens with zero attached hydrogens (tertiary/aromatic N) is 2. The van der Waals surface area contributed by atoms with Crippen molar-refractivity contribution in [1.29, 1.82) is 0 Å². The van der Waals surface area contributed by atoms with Crippen LogP contribution in [0.4, 0.5) is 13.2 Å². The van der Waals surface area contributed by atoms with Gasteiger partial charge in [0.05, 0.1) is 17.3 Å². The molecule has 34 heavy (non-hydrogen) atoms. The van der Waals surface area contributed by atoms with Crippen LogP contribution in [0.1, 0.15) is 35.6 Å². The second-order valence-electron chi connectivity index (χ2n) is 7.42. The van der Waals surface area contributed by atoms with Gasteiger partial charge in [0.15, 0.2) is 0 Å². The number of hydrogen-bond acceptors (Lipinski definition) is 4. The van der Waals surface area contributed by atoms with Gasteiger partial charge in [-0.15, -0.1) is 0 Å². The topological polar surface area (TPSA) is 67.9 Å². The maximum atomic E-state index is 13.9. The highest BCUT2D eigenvalue weighted by Gasteiger charge is 2.35. The van der Waals surface area contributed by atoms with Gasteiger partial charge < -0.3 is 4.74 Å². The third-order valence-corrected chi connectivity index (χ3v) is 5.37. The third kappa shape index (κ3) is 4.47. The molecule has 0 saturated heterocycles. The quantitative estimate of drug-likeness (QED) is 0.203. The van der Waals surface area contributed by atoms with Crippen molar-refractivity contribution in [3.8, 4) is 5.75 Å². The van der Waals surface area contributed by atoms with Crippen LogP contribution in [0, 0.1) is 0 Å². The van der Waals surface area contributed by atoms with E-state index in [1.807, 2.05) is 6.07 Å². The summed E-state index contributed by atoms with van der Waals surface area (Å²) in [5.74, 6) is -0.460. The summed E-state index contributed by atoms with van der Waals surface area (Å²) in [5, 5.41) is 7.69. The Morgan fingerprint density at radius 1 is 1.12 bits per heavy atom. The summed E-state index contributed by atoms with van der Waals surface area (Å²) >= 11 is 0. The number of pyridine rings is 1. The summed E-state index contributed by atoms with van der Waals surface area (Å²) < 4.78 is 47.2. The summed E-state index contributed by atoms with van der Waals surface area (Å²) in [6.07, 6.45) is 0.503. The molecule has 4 aromatic rings. The zero-order valence-electron chi connectivity index (χ0n) is 18.2. The van der Waals surface area contributed by atoms with E-state index in [4.69, 9.17) is 4.74 Å². The fraction of sp³-hybridized carbons (Fsp3) is 0.115. The number of carbonyl (C=O) groups is 1. The summed E-state index contributed by atoms with van der Waals surface area (Å²) in [5.41, 5.74) is 2.02. The zero-order valence-corrected chi connectivity index (χ0v) is 18.2. The molecule has 4 rings (SSSR count). The van der Waals surface area contributed by atoms with E-state index < -0.39 is 17.7 Å². The molecule has 0 spiro atoms. The Kier molecular flexibility index (Phi) is 6.32. The number of carbonyl (C=O) groups excluding carboxylic acids is 1. The maximum absolute atomic E-state index is 13.9. The third-order valence-electron chi connectivity index (χ3n) is 5.37. The maximum Gasteiger partial charge on any atom is 0.418 e. The van der Waals surface area contributed by atoms with E-state index in [1.165, 1.54) is 12.3 Å². The number of halogens is 3. The Bertz CT molecular complexity index is 1400. The first kappa shape index (κ1) is 23.0. The molecule has 2 heterocycles. The minimum absolute atomic E-state index is 0.0112. The number of aromatic nitrogens is 3. The second-order valence-corrected chi connectivity index (χ2v) is 7.42. The molecular formula is C26H20F3N3O2. The molecule has 0 atom stereocenters. The van der Waals surface area contributed by atoms with E-state index in [-0.39, 0.29) is 17.7 Å². The smallest absolute Gasteiger partial charge is 0.418 e. The highest BCUT2D eigenvalue weighted by Crippen LogP contribution is 2.42. The Balaban J connectivity index is 2.08. The van der Waals surface area contributed by atoms with E-state index in [1.54, 1.807) is 49.5 Å². The molecule has 5 nitrogen and oxygen atoms in total. The highest BCUT2D eigenvalue weighted by molar-refractivity contribution is 6.02. The molecule has 0 bridgehead atoms. The normalized spacial score (nSPS) is 12.4. The molecule has 0 aliphatic rings. The van der Waals surface area contributed by atoms with Crippen LogP contribution < -0.4 is 4.74 Å². The zero-order chi connectivity index (χ0) is 24.3. The van der Waals surface area contributed by atoms with Crippen molar-refractivity contribution in [2.45, 2.75) is 19.5 Å². The van der Waals surface area contributed by atoms with Crippen LogP contribution in [0.25, 0.3) is 22.0 Å². The number of H-pyrrole nitrogens is 1. The van der Waals surface area contributed by atoms with Gasteiger partial charge in [0.2, 0.25) is 0 Å². The Morgan fingerprint density at radius 3 is 2.65 bits per heavy atom. The number of benzene rings is 2. The predicted molar refractivity (Wildman–Crippen MR) is 124 cm³/mol. The number of para-hydroxylation sites is 1. The van der Waals surface area contributed by atoms with Crippen molar-refractivity contribution in [1.82, 2.24) is 15.2 Å². The second kappa shape index (κ2) is 9.35. The fourth-order valence-corrected chi connectivity index (χ4v) is 3.89. The van der Waals surface area contributed by atoms with Crippen molar-refractivity contribution < 1.29 is 22.7 Å². The average Bonchev–Trinajstić information content (AvgIpc) is 3.30. The monoisotopic (exact) mass is 463 g/mol. The summed E-state index contributed by atoms with van der Waals surface area (Å²) in [4.78, 5) is 15.7. The number of rotatable bonds is 6. The number of nitrogens with one attached hydrogen (secondary N) is 1. The SMILES string of the molecule is C=CC(=O)Oc1ccccc1/C(=C(\CC)c1ccncc1C(F)(F)F)c1ccc2[nH]ncc2c1. The van der Waals surface area contributed by atoms with Crippen molar-refractivity contribution in [3.05, 3.63) is 102 Å². The first-order valence-electron chi connectivity index (χ1n) is 10.4. The number of esters is 1. The molecule has 2 aromatic carbocycles. The van der Waals surface area contributed by atoms with Crippen LogP contribution in [-0.4, -0.2) is 21.2 Å². The lowest BCUT2D eigenvalue weighted by Gasteiger charge is -2.21. The number of ether oxygens (including phenoxy) is 1. The minimum atomic E-state index is -4.60. The van der Waals surface area contributed by atoms with Gasteiger partial charge in [-0.25, -0.2) is 4.79 Å². The van der Waals surface area contributed by atoms with Crippen LogP contribution in [0.3, 0.4) is 0 Å². The number of hydrogen-bond donors (Lipinski definition) is 1. The lowest BCUT2D eigenvalue weighted by atomic mass is 9.86. The standard InChI is InChI=1S/C26H20F3N3O2/c1-3-18(19-11-12-30-15-21(19)26(27,28)29)25(16-9-10-22-17(13-16)14-31-32-22)20-7-5-6-8-23(20)34-24(33)4-2/h4-15H,2-3H2,1H3,(H,31,32)/b25-18+. The number of fused-ring (bicyclic) bond motifs is 1. The number of aromatic amines is 1. The molecule has 8 heteroatoms. The molecule has 0 aliphatic carbocycles. The molecule has 0 radical (unpaired) electrons. The van der Waals surface area contributed by atoms with Gasteiger partial charge in [-0.05, 0) is 53.0 Å². The molecule has 0 amide bonds. The molecule has 172 valence electrons. The minimum Gasteiger partial charge on any atom is -0.423 e. The molecule has 0 aliphatic heterocycles. The van der Waals surface area contributed by atoms with Gasteiger partial charge in [-0.3, -0.25) is 10.1 Å². The van der Waals surface area contributed by atoms with Gasteiger partial charge in [-0.2, -0.15) is 18.3 Å². The van der Waals surface area contributed by atoms with E-state index in [0.717, 1.165) is 23.2 Å². The van der Waals surface area contributed by atoms with Crippen molar-refractivity contribution in [2.75, 3.05) is 0 Å². The molecular weight excluding hydrogens is 443 g/mol. The lowest BCUT2D eigenvalue weighted by Crippen LogP contribution is -2.11. The van der Waals surface area contributed by atoms with Gasteiger partial charge >= 0.3 is 12.1 Å². The first-order valence-corrected chi connectivity index (χ1v) is 10.4. The Morgan fingerprint density at radius 2 is 1.91 bits per heavy atom. The highest BCUT2D eigenvalue weighted by atomic mass is 19.4. The summed E-state index contributed by atoms with van der Waals surface area (Å²) in [7, 11) is 0. The Hall–Kier alpha value is -4.20. The first-order chi connectivity index (χ1) is 16.3. The largest absolute Gasteiger partial charge is 0.423 e. The lowest BCUT2D eigenvalue weighted by molar-refractivity contribution is -0.138. The molecule has 0 unspecified atom stereocenters. The van der Waals surface area contributed by atoms with Crippen molar-refractivity contribution in [2.24, 2.45) is 0 Å². The molecule has 0 saturated carbocycles. The molecule has 2 aromatic heterocycles. The van der Waals surface area contributed by atoms with Crippen LogP contribution in [0.5, 0.6) is 5.75 Å². The Labute approximate surface area is 193 Å². The van der Waals surface area contributed by atoms with Crippen LogP contribution in [0.15, 0.2) is 79.8 Å². The molecule has 1 N–H and O–H groups in total. The number of allylic oxidation sites excluding steroid dienone is 1. The van der Waals surface area contributed by atoms with Gasteiger partial charge in [-0.1, -0.05) is 37.8 Å². The van der Waals surface area contributed by atoms with Crippen molar-refractivity contribution >= 4 is 28.0 Å². The van der Waals surface area contributed by atoms with Gasteiger partial charge in [0.1, 0.15) is 5.75 Å². The summed E-state index contributed by atoms with van der Waals surface area (Å²) in [6.45, 7) is 5.21. The predicted octanol–water partition coefficient (Wildman–Crippen LogP) is 6.44. The number of alkyl halides is 3. The fourth-order valence-electron chi connectivity index (χ4n) is 3.89. The van der Waals surface area contributed by atoms with E-state index in [0.29, 0.717) is 22.3 Å². The average molecular weight is 463 g/mol. The van der Waals surface area contributed by atoms with Crippen LogP contribution >= 0.6 is 0 Å². The van der Waals surface area contributed by atoms with E-state index in [9.17, 15) is 18.0 Å². The van der Waals surface area contributed by atoms with Gasteiger partial charge in [0, 0.05) is 29.4 Å². The van der Waals surface area contributed by atoms with Crippen LogP contribution in [-0.2, 0) is 11.0 Å².